The zero-order valence-electron chi connectivity index (χ0n) is 15.5. The van der Waals surface area contributed by atoms with Gasteiger partial charge in [0.25, 0.3) is 12.3 Å². The second kappa shape index (κ2) is 8.39. The third kappa shape index (κ3) is 4.77. The minimum absolute atomic E-state index is 0.152. The SMILES string of the molecule is Cc1c(Cl)c(C(F)F)nn1CC(=O)Nc1ccc(NC(=O)c2ccn(C)n2)cc1. The number of aromatic nitrogens is 4. The van der Waals surface area contributed by atoms with Crippen LogP contribution in [0.5, 0.6) is 0 Å². The Labute approximate surface area is 169 Å². The number of hydrogen-bond acceptors (Lipinski definition) is 4. The lowest BCUT2D eigenvalue weighted by molar-refractivity contribution is -0.117. The van der Waals surface area contributed by atoms with Crippen molar-refractivity contribution in [1.29, 1.82) is 0 Å². The van der Waals surface area contributed by atoms with E-state index >= 15 is 0 Å². The first-order valence-electron chi connectivity index (χ1n) is 8.46. The molecule has 2 heterocycles. The Morgan fingerprint density at radius 1 is 1.10 bits per heavy atom. The number of aryl methyl sites for hydroxylation is 1. The van der Waals surface area contributed by atoms with Crippen molar-refractivity contribution in [3.05, 3.63) is 58.6 Å². The van der Waals surface area contributed by atoms with Crippen molar-refractivity contribution >= 4 is 34.8 Å². The van der Waals surface area contributed by atoms with Crippen LogP contribution in [0.3, 0.4) is 0 Å². The van der Waals surface area contributed by atoms with E-state index in [2.05, 4.69) is 20.8 Å². The first-order valence-corrected chi connectivity index (χ1v) is 8.84. The maximum absolute atomic E-state index is 12.8. The highest BCUT2D eigenvalue weighted by molar-refractivity contribution is 6.31. The van der Waals surface area contributed by atoms with Crippen molar-refractivity contribution in [2.24, 2.45) is 7.05 Å². The Balaban J connectivity index is 1.60. The van der Waals surface area contributed by atoms with Crippen molar-refractivity contribution in [3.63, 3.8) is 0 Å². The Kier molecular flexibility index (Phi) is 5.92. The van der Waals surface area contributed by atoms with Crippen molar-refractivity contribution in [3.8, 4) is 0 Å². The zero-order chi connectivity index (χ0) is 21.1. The van der Waals surface area contributed by atoms with Gasteiger partial charge < -0.3 is 10.6 Å². The van der Waals surface area contributed by atoms with E-state index in [0.717, 1.165) is 4.68 Å². The third-order valence-electron chi connectivity index (χ3n) is 4.03. The van der Waals surface area contributed by atoms with Crippen LogP contribution in [0.2, 0.25) is 5.02 Å². The first-order chi connectivity index (χ1) is 13.7. The molecule has 0 aliphatic carbocycles. The average molecular weight is 423 g/mol. The Hall–Kier alpha value is -3.27. The summed E-state index contributed by atoms with van der Waals surface area (Å²) in [6, 6.07) is 8.01. The highest BCUT2D eigenvalue weighted by atomic mass is 35.5. The number of halogens is 3. The smallest absolute Gasteiger partial charge is 0.283 e. The number of alkyl halides is 2. The molecule has 0 aliphatic heterocycles. The fraction of sp³-hybridized carbons (Fsp3) is 0.222. The van der Waals surface area contributed by atoms with Crippen LogP contribution in [-0.2, 0) is 18.4 Å². The molecule has 2 amide bonds. The Morgan fingerprint density at radius 3 is 2.24 bits per heavy atom. The van der Waals surface area contributed by atoms with Crippen molar-refractivity contribution in [1.82, 2.24) is 19.6 Å². The van der Waals surface area contributed by atoms with E-state index in [1.165, 1.54) is 11.6 Å². The van der Waals surface area contributed by atoms with Crippen LogP contribution >= 0.6 is 11.6 Å². The Morgan fingerprint density at radius 2 is 1.72 bits per heavy atom. The van der Waals surface area contributed by atoms with Gasteiger partial charge in [-0.1, -0.05) is 11.6 Å². The number of anilines is 2. The third-order valence-corrected chi connectivity index (χ3v) is 4.50. The molecule has 0 spiro atoms. The predicted octanol–water partition coefficient (Wildman–Crippen LogP) is 3.41. The van der Waals surface area contributed by atoms with Gasteiger partial charge in [-0.25, -0.2) is 8.78 Å². The summed E-state index contributed by atoms with van der Waals surface area (Å²) in [5.74, 6) is -0.818. The molecule has 0 aliphatic rings. The van der Waals surface area contributed by atoms with Crippen LogP contribution in [0, 0.1) is 6.92 Å². The van der Waals surface area contributed by atoms with E-state index in [0.29, 0.717) is 11.4 Å². The van der Waals surface area contributed by atoms with Gasteiger partial charge in [0.15, 0.2) is 5.69 Å². The monoisotopic (exact) mass is 422 g/mol. The quantitative estimate of drug-likeness (QED) is 0.636. The number of benzene rings is 1. The molecule has 3 aromatic rings. The van der Waals surface area contributed by atoms with E-state index in [9.17, 15) is 18.4 Å². The molecule has 29 heavy (non-hydrogen) atoms. The fourth-order valence-electron chi connectivity index (χ4n) is 2.55. The van der Waals surface area contributed by atoms with Gasteiger partial charge >= 0.3 is 0 Å². The highest BCUT2D eigenvalue weighted by Gasteiger charge is 2.21. The molecule has 2 aromatic heterocycles. The summed E-state index contributed by atoms with van der Waals surface area (Å²) in [7, 11) is 1.71. The number of nitrogens with one attached hydrogen (secondary N) is 2. The number of nitrogens with zero attached hydrogens (tertiary/aromatic N) is 4. The van der Waals surface area contributed by atoms with Gasteiger partial charge in [0.2, 0.25) is 5.91 Å². The maximum Gasteiger partial charge on any atom is 0.283 e. The van der Waals surface area contributed by atoms with Gasteiger partial charge in [-0.2, -0.15) is 10.2 Å². The molecule has 8 nitrogen and oxygen atoms in total. The molecule has 0 saturated carbocycles. The van der Waals surface area contributed by atoms with Crippen LogP contribution in [0.4, 0.5) is 20.2 Å². The van der Waals surface area contributed by atoms with Crippen LogP contribution < -0.4 is 10.6 Å². The molecule has 152 valence electrons. The second-order valence-corrected chi connectivity index (χ2v) is 6.58. The topological polar surface area (TPSA) is 93.8 Å². The normalized spacial score (nSPS) is 11.0. The number of carbonyl (C=O) groups is 2. The first kappa shape index (κ1) is 20.5. The largest absolute Gasteiger partial charge is 0.324 e. The summed E-state index contributed by atoms with van der Waals surface area (Å²) >= 11 is 5.82. The van der Waals surface area contributed by atoms with Gasteiger partial charge in [0.1, 0.15) is 12.2 Å². The molecule has 1 aromatic carbocycles. The molecule has 0 saturated heterocycles. The summed E-state index contributed by atoms with van der Waals surface area (Å²) in [5.41, 5.74) is 1.00. The van der Waals surface area contributed by atoms with Gasteiger partial charge in [0, 0.05) is 24.6 Å². The fourth-order valence-corrected chi connectivity index (χ4v) is 2.76. The zero-order valence-corrected chi connectivity index (χ0v) is 16.2. The molecule has 0 fully saturated rings. The molecule has 2 N–H and O–H groups in total. The lowest BCUT2D eigenvalue weighted by atomic mass is 10.2. The predicted molar refractivity (Wildman–Crippen MR) is 103 cm³/mol. The van der Waals surface area contributed by atoms with E-state index in [1.54, 1.807) is 43.6 Å². The molecule has 0 unspecified atom stereocenters. The number of hydrogen-bond donors (Lipinski definition) is 2. The van der Waals surface area contributed by atoms with E-state index in [4.69, 9.17) is 11.6 Å². The molecule has 0 radical (unpaired) electrons. The van der Waals surface area contributed by atoms with E-state index < -0.39 is 18.0 Å². The highest BCUT2D eigenvalue weighted by Crippen LogP contribution is 2.28. The summed E-state index contributed by atoms with van der Waals surface area (Å²) in [4.78, 5) is 24.3. The van der Waals surface area contributed by atoms with E-state index in [-0.39, 0.29) is 28.9 Å². The van der Waals surface area contributed by atoms with Crippen molar-refractivity contribution in [2.45, 2.75) is 19.9 Å². The lowest BCUT2D eigenvalue weighted by Crippen LogP contribution is -2.20. The van der Waals surface area contributed by atoms with Crippen LogP contribution in [0.25, 0.3) is 0 Å². The standard InChI is InChI=1S/C18H17ClF2N6O2/c1-10-15(19)16(17(20)21)25-27(10)9-14(28)22-11-3-5-12(6-4-11)23-18(29)13-7-8-26(2)24-13/h3-8,17H,9H2,1-2H3,(H,22,28)(H,23,29). The minimum atomic E-state index is -2.82. The molecule has 0 bridgehead atoms. The van der Waals surface area contributed by atoms with Gasteiger partial charge in [-0.3, -0.25) is 19.0 Å². The van der Waals surface area contributed by atoms with E-state index in [1.807, 2.05) is 0 Å². The van der Waals surface area contributed by atoms with Crippen molar-refractivity contribution < 1.29 is 18.4 Å². The number of amides is 2. The Bertz CT molecular complexity index is 1050. The van der Waals surface area contributed by atoms with Crippen LogP contribution in [-0.4, -0.2) is 31.4 Å². The summed E-state index contributed by atoms with van der Waals surface area (Å²) < 4.78 is 28.3. The number of carbonyl (C=O) groups excluding carboxylic acids is 2. The molecular formula is C18H17ClF2N6O2. The molecule has 0 atom stereocenters. The van der Waals surface area contributed by atoms with Crippen LogP contribution in [0.1, 0.15) is 28.3 Å². The van der Waals surface area contributed by atoms with Gasteiger partial charge in [0.05, 0.1) is 10.7 Å². The molecule has 11 heteroatoms. The van der Waals surface area contributed by atoms with Gasteiger partial charge in [-0.05, 0) is 37.3 Å². The number of rotatable bonds is 6. The molecular weight excluding hydrogens is 406 g/mol. The summed E-state index contributed by atoms with van der Waals surface area (Å²) in [5, 5.41) is 12.9. The average Bonchev–Trinajstić information content (AvgIpc) is 3.22. The second-order valence-electron chi connectivity index (χ2n) is 6.20. The van der Waals surface area contributed by atoms with Crippen LogP contribution in [0.15, 0.2) is 36.5 Å². The van der Waals surface area contributed by atoms with Crippen molar-refractivity contribution in [2.75, 3.05) is 10.6 Å². The summed E-state index contributed by atoms with van der Waals surface area (Å²) in [6.07, 6.45) is -1.16. The lowest BCUT2D eigenvalue weighted by Gasteiger charge is -2.08. The van der Waals surface area contributed by atoms with Gasteiger partial charge in [-0.15, -0.1) is 0 Å². The summed E-state index contributed by atoms with van der Waals surface area (Å²) in [6.45, 7) is 1.24. The molecule has 3 rings (SSSR count). The minimum Gasteiger partial charge on any atom is -0.324 e. The maximum atomic E-state index is 12.8.